The Hall–Kier alpha value is -2.89. The number of benzene rings is 1. The molecular formula is C27H32Cl2N4O7. The van der Waals surface area contributed by atoms with Crippen molar-refractivity contribution < 1.29 is 33.5 Å². The summed E-state index contributed by atoms with van der Waals surface area (Å²) in [7, 11) is 0. The minimum Gasteiger partial charge on any atom is -0.444 e. The highest BCUT2D eigenvalue weighted by atomic mass is 35.5. The Labute approximate surface area is 241 Å². The molecule has 0 unspecified atom stereocenters. The number of nitrogens with zero attached hydrogens (tertiary/aromatic N) is 2. The van der Waals surface area contributed by atoms with Crippen molar-refractivity contribution in [2.75, 3.05) is 19.8 Å². The summed E-state index contributed by atoms with van der Waals surface area (Å²) in [6.07, 6.45) is 2.39. The van der Waals surface area contributed by atoms with Crippen LogP contribution in [0, 0.1) is 0 Å². The zero-order chi connectivity index (χ0) is 28.4. The lowest BCUT2D eigenvalue weighted by Crippen LogP contribution is -2.53. The molecule has 4 atom stereocenters. The molecule has 3 amide bonds. The molecule has 3 aliphatic heterocycles. The van der Waals surface area contributed by atoms with Crippen molar-refractivity contribution in [2.24, 2.45) is 5.16 Å². The second kappa shape index (κ2) is 11.9. The highest BCUT2D eigenvalue weighted by molar-refractivity contribution is 6.38. The van der Waals surface area contributed by atoms with E-state index in [1.807, 2.05) is 6.92 Å². The van der Waals surface area contributed by atoms with E-state index in [1.54, 1.807) is 18.2 Å². The molecule has 5 rings (SSSR count). The fourth-order valence-corrected chi connectivity index (χ4v) is 5.77. The van der Waals surface area contributed by atoms with Gasteiger partial charge in [-0.15, -0.1) is 0 Å². The number of nitrogens with one attached hydrogen (secondary N) is 2. The molecule has 2 N–H and O–H groups in total. The van der Waals surface area contributed by atoms with Crippen LogP contribution in [0.25, 0.3) is 0 Å². The van der Waals surface area contributed by atoms with Crippen molar-refractivity contribution in [2.45, 2.75) is 81.7 Å². The van der Waals surface area contributed by atoms with Crippen molar-refractivity contribution in [1.29, 1.82) is 0 Å². The third-order valence-corrected chi connectivity index (χ3v) is 7.91. The molecular weight excluding hydrogens is 563 g/mol. The van der Waals surface area contributed by atoms with E-state index in [1.165, 1.54) is 4.90 Å². The van der Waals surface area contributed by atoms with Crippen LogP contribution < -0.4 is 10.6 Å². The number of carbonyl (C=O) groups excluding carboxylic acids is 4. The normalized spacial score (nSPS) is 26.3. The van der Waals surface area contributed by atoms with Crippen LogP contribution in [0.15, 0.2) is 23.4 Å². The number of ether oxygens (including phenoxy) is 2. The molecule has 3 heterocycles. The lowest BCUT2D eigenvalue weighted by Gasteiger charge is -2.26. The molecule has 1 aromatic carbocycles. The summed E-state index contributed by atoms with van der Waals surface area (Å²) < 4.78 is 10.9. The topological polar surface area (TPSA) is 136 Å². The molecule has 4 aliphatic rings. The van der Waals surface area contributed by atoms with E-state index >= 15 is 0 Å². The summed E-state index contributed by atoms with van der Waals surface area (Å²) in [5, 5.41) is 10.5. The maximum Gasteiger partial charge on any atom is 0.410 e. The lowest BCUT2D eigenvalue weighted by atomic mass is 9.91. The third kappa shape index (κ3) is 6.53. The van der Waals surface area contributed by atoms with Crippen LogP contribution in [-0.2, 0) is 28.7 Å². The number of amides is 3. The third-order valence-electron chi connectivity index (χ3n) is 7.47. The van der Waals surface area contributed by atoms with Gasteiger partial charge in [-0.2, -0.15) is 0 Å². The number of Topliss-reactive ketones (excluding diaryl/α,β-unsaturated/α-hetero) is 1. The summed E-state index contributed by atoms with van der Waals surface area (Å²) >= 11 is 12.3. The summed E-state index contributed by atoms with van der Waals surface area (Å²) in [6.45, 7) is 2.66. The van der Waals surface area contributed by atoms with Gasteiger partial charge in [0.1, 0.15) is 12.1 Å². The zero-order valence-corrected chi connectivity index (χ0v) is 23.6. The van der Waals surface area contributed by atoms with Crippen LogP contribution in [-0.4, -0.2) is 83.9 Å². The SMILES string of the molecule is CCC[C@H](NC(=O)[C@@H]1C[C@]2(CC(c3cc(Cl)cc(Cl)c3)=NO2)CN1C(=O)O[C@H]1CCOC1)C(=O)C(=O)NC1CC1. The van der Waals surface area contributed by atoms with Crippen LogP contribution in [0.3, 0.4) is 0 Å². The Morgan fingerprint density at radius 1 is 1.18 bits per heavy atom. The fraction of sp³-hybridized carbons (Fsp3) is 0.593. The summed E-state index contributed by atoms with van der Waals surface area (Å²) in [4.78, 5) is 59.4. The minimum atomic E-state index is -1.01. The van der Waals surface area contributed by atoms with E-state index in [-0.39, 0.29) is 32.0 Å². The first-order chi connectivity index (χ1) is 19.2. The maximum atomic E-state index is 13.6. The quantitative estimate of drug-likeness (QED) is 0.419. The van der Waals surface area contributed by atoms with Crippen molar-refractivity contribution in [3.63, 3.8) is 0 Å². The van der Waals surface area contributed by atoms with Crippen molar-refractivity contribution in [3.8, 4) is 0 Å². The number of hydrogen-bond donors (Lipinski definition) is 2. The Morgan fingerprint density at radius 2 is 1.93 bits per heavy atom. The standard InChI is InChI=1S/C27H32Cl2N4O7/c1-2-3-20(23(34)25(36)30-18-4-5-18)31-24(35)22-12-27(14-33(22)26(37)39-19-6-7-38-13-19)11-21(32-40-27)15-8-16(28)10-17(29)9-15/h8-10,18-20,22H,2-7,11-14H2,1H3,(H,30,36)(H,31,35)/t19-,20-,22-,27+/m0/s1. The minimum absolute atomic E-state index is 0.0111. The average molecular weight is 595 g/mol. The number of halogens is 2. The lowest BCUT2D eigenvalue weighted by molar-refractivity contribution is -0.140. The molecule has 1 aromatic rings. The Morgan fingerprint density at radius 3 is 2.58 bits per heavy atom. The second-order valence-electron chi connectivity index (χ2n) is 10.8. The second-order valence-corrected chi connectivity index (χ2v) is 11.7. The van der Waals surface area contributed by atoms with E-state index in [0.717, 1.165) is 12.8 Å². The Balaban J connectivity index is 1.33. The molecule has 0 bridgehead atoms. The highest BCUT2D eigenvalue weighted by Gasteiger charge is 2.55. The van der Waals surface area contributed by atoms with Crippen LogP contribution in [0.2, 0.25) is 10.0 Å². The zero-order valence-electron chi connectivity index (χ0n) is 22.1. The number of ketones is 1. The van der Waals surface area contributed by atoms with Crippen LogP contribution in [0.1, 0.15) is 57.4 Å². The monoisotopic (exact) mass is 594 g/mol. The molecule has 0 radical (unpaired) electrons. The van der Waals surface area contributed by atoms with Gasteiger partial charge in [0.05, 0.1) is 31.5 Å². The molecule has 2 saturated heterocycles. The number of hydrogen-bond acceptors (Lipinski definition) is 8. The molecule has 1 spiro atoms. The van der Waals surface area contributed by atoms with Gasteiger partial charge >= 0.3 is 6.09 Å². The van der Waals surface area contributed by atoms with E-state index in [2.05, 4.69) is 15.8 Å². The van der Waals surface area contributed by atoms with Crippen LogP contribution in [0.4, 0.5) is 4.79 Å². The molecule has 13 heteroatoms. The van der Waals surface area contributed by atoms with E-state index in [0.29, 0.717) is 47.2 Å². The molecule has 1 aliphatic carbocycles. The molecule has 216 valence electrons. The first-order valence-corrected chi connectivity index (χ1v) is 14.3. The molecule has 40 heavy (non-hydrogen) atoms. The van der Waals surface area contributed by atoms with Gasteiger partial charge in [-0.05, 0) is 37.5 Å². The molecule has 3 fully saturated rings. The van der Waals surface area contributed by atoms with Gasteiger partial charge < -0.3 is 24.9 Å². The summed E-state index contributed by atoms with van der Waals surface area (Å²) in [5.41, 5.74) is 0.263. The summed E-state index contributed by atoms with van der Waals surface area (Å²) in [5.74, 6) is -1.98. The first kappa shape index (κ1) is 28.6. The van der Waals surface area contributed by atoms with E-state index < -0.39 is 47.5 Å². The van der Waals surface area contributed by atoms with Gasteiger partial charge in [0.15, 0.2) is 5.60 Å². The number of rotatable bonds is 9. The van der Waals surface area contributed by atoms with Crippen LogP contribution >= 0.6 is 23.2 Å². The average Bonchev–Trinajstić information content (AvgIpc) is 3.29. The number of likely N-dealkylation sites (tertiary alicyclic amines) is 1. The summed E-state index contributed by atoms with van der Waals surface area (Å²) in [6, 6.07) is 3.03. The number of oxime groups is 1. The van der Waals surface area contributed by atoms with E-state index in [9.17, 15) is 19.2 Å². The van der Waals surface area contributed by atoms with E-state index in [4.69, 9.17) is 37.5 Å². The van der Waals surface area contributed by atoms with Gasteiger partial charge in [-0.1, -0.05) is 41.7 Å². The first-order valence-electron chi connectivity index (χ1n) is 13.6. The van der Waals surface area contributed by atoms with Gasteiger partial charge in [-0.25, -0.2) is 4.79 Å². The van der Waals surface area contributed by atoms with Gasteiger partial charge in [0.2, 0.25) is 11.7 Å². The molecule has 11 nitrogen and oxygen atoms in total. The Kier molecular flexibility index (Phi) is 8.53. The van der Waals surface area contributed by atoms with Crippen LogP contribution in [0.5, 0.6) is 0 Å². The molecule has 1 saturated carbocycles. The van der Waals surface area contributed by atoms with Gasteiger partial charge in [0.25, 0.3) is 5.91 Å². The number of carbonyl (C=O) groups is 4. The van der Waals surface area contributed by atoms with Crippen molar-refractivity contribution >= 4 is 52.6 Å². The fourth-order valence-electron chi connectivity index (χ4n) is 5.25. The van der Waals surface area contributed by atoms with Crippen molar-refractivity contribution in [1.82, 2.24) is 15.5 Å². The predicted molar refractivity (Wildman–Crippen MR) is 145 cm³/mol. The largest absolute Gasteiger partial charge is 0.444 e. The van der Waals surface area contributed by atoms with Gasteiger partial charge in [0, 0.05) is 40.9 Å². The Bertz CT molecular complexity index is 1200. The maximum absolute atomic E-state index is 13.6. The predicted octanol–water partition coefficient (Wildman–Crippen LogP) is 2.99. The molecule has 0 aromatic heterocycles. The smallest absolute Gasteiger partial charge is 0.410 e. The van der Waals surface area contributed by atoms with Gasteiger partial charge in [-0.3, -0.25) is 19.3 Å². The van der Waals surface area contributed by atoms with Crippen molar-refractivity contribution in [3.05, 3.63) is 33.8 Å². The highest BCUT2D eigenvalue weighted by Crippen LogP contribution is 2.40.